The molecular formula is C29H34N2OS. The van der Waals surface area contributed by atoms with Gasteiger partial charge in [-0.1, -0.05) is 56.0 Å². The van der Waals surface area contributed by atoms with Crippen molar-refractivity contribution in [1.82, 2.24) is 9.88 Å². The minimum Gasteiger partial charge on any atom is -0.299 e. The Morgan fingerprint density at radius 2 is 1.88 bits per heavy atom. The molecule has 0 saturated heterocycles. The molecule has 0 spiro atoms. The van der Waals surface area contributed by atoms with Crippen molar-refractivity contribution < 1.29 is 4.79 Å². The first-order chi connectivity index (χ1) is 16.3. The van der Waals surface area contributed by atoms with Gasteiger partial charge in [0.2, 0.25) is 0 Å². The quantitative estimate of drug-likeness (QED) is 0.354. The van der Waals surface area contributed by atoms with Gasteiger partial charge >= 0.3 is 0 Å². The summed E-state index contributed by atoms with van der Waals surface area (Å²) in [5.74, 6) is 0.591. The Balaban J connectivity index is 1.25. The molecule has 0 radical (unpaired) electrons. The van der Waals surface area contributed by atoms with Crippen molar-refractivity contribution in [2.75, 3.05) is 19.6 Å². The lowest BCUT2D eigenvalue weighted by atomic mass is 9.83. The molecule has 1 fully saturated rings. The largest absolute Gasteiger partial charge is 0.299 e. The summed E-state index contributed by atoms with van der Waals surface area (Å²) in [5.41, 5.74) is 3.84. The van der Waals surface area contributed by atoms with E-state index in [-0.39, 0.29) is 11.8 Å². The van der Waals surface area contributed by atoms with Crippen molar-refractivity contribution in [3.05, 3.63) is 71.4 Å². The van der Waals surface area contributed by atoms with Crippen LogP contribution in [0.3, 0.4) is 0 Å². The minimum absolute atomic E-state index is 0.0690. The molecule has 4 heteroatoms. The Labute approximate surface area is 201 Å². The number of aromatic nitrogens is 1. The van der Waals surface area contributed by atoms with E-state index in [1.165, 1.54) is 46.9 Å². The lowest BCUT2D eigenvalue weighted by Crippen LogP contribution is -2.32. The highest BCUT2D eigenvalue weighted by Gasteiger charge is 2.30. The molecule has 1 aliphatic heterocycles. The van der Waals surface area contributed by atoms with Gasteiger partial charge in [-0.2, -0.15) is 0 Å². The van der Waals surface area contributed by atoms with Crippen LogP contribution in [0.1, 0.15) is 68.5 Å². The van der Waals surface area contributed by atoms with Gasteiger partial charge in [0.25, 0.3) is 0 Å². The number of hydrogen-bond donors (Lipinski definition) is 0. The normalized spacial score (nSPS) is 19.2. The SMILES string of the molecule is O=C(C1CCCCCC1)C(CCN1CC=C(c2csc3ccccc23)CC1)c1ccccn1. The van der Waals surface area contributed by atoms with Crippen LogP contribution in [0.5, 0.6) is 0 Å². The predicted octanol–water partition coefficient (Wildman–Crippen LogP) is 7.10. The van der Waals surface area contributed by atoms with Crippen LogP contribution >= 0.6 is 11.3 Å². The number of fused-ring (bicyclic) bond motifs is 1. The van der Waals surface area contributed by atoms with E-state index in [9.17, 15) is 4.79 Å². The fourth-order valence-electron chi connectivity index (χ4n) is 5.56. The van der Waals surface area contributed by atoms with Crippen molar-refractivity contribution in [1.29, 1.82) is 0 Å². The smallest absolute Gasteiger partial charge is 0.145 e. The number of rotatable bonds is 7. The van der Waals surface area contributed by atoms with Gasteiger partial charge in [-0.15, -0.1) is 11.3 Å². The molecule has 0 N–H and O–H groups in total. The van der Waals surface area contributed by atoms with Crippen LogP contribution in [0.25, 0.3) is 15.7 Å². The van der Waals surface area contributed by atoms with E-state index >= 15 is 0 Å². The maximum Gasteiger partial charge on any atom is 0.145 e. The van der Waals surface area contributed by atoms with E-state index in [2.05, 4.69) is 51.7 Å². The number of benzene rings is 1. The average Bonchev–Trinajstić information content (AvgIpc) is 3.10. The molecule has 1 atom stereocenters. The first-order valence-electron chi connectivity index (χ1n) is 12.6. The summed E-state index contributed by atoms with van der Waals surface area (Å²) in [6, 6.07) is 14.7. The molecular weight excluding hydrogens is 424 g/mol. The van der Waals surface area contributed by atoms with Crippen LogP contribution in [0.15, 0.2) is 60.1 Å². The number of nitrogens with zero attached hydrogens (tertiary/aromatic N) is 2. The number of pyridine rings is 1. The van der Waals surface area contributed by atoms with Gasteiger partial charge in [-0.3, -0.25) is 14.7 Å². The summed E-state index contributed by atoms with van der Waals surface area (Å²) < 4.78 is 1.37. The monoisotopic (exact) mass is 458 g/mol. The Hall–Kier alpha value is -2.30. The number of hydrogen-bond acceptors (Lipinski definition) is 4. The third-order valence-corrected chi connectivity index (χ3v) is 8.46. The van der Waals surface area contributed by atoms with Gasteiger partial charge in [-0.25, -0.2) is 0 Å². The summed E-state index contributed by atoms with van der Waals surface area (Å²) >= 11 is 1.84. The highest BCUT2D eigenvalue weighted by Crippen LogP contribution is 2.34. The Morgan fingerprint density at radius 3 is 2.64 bits per heavy atom. The molecule has 5 rings (SSSR count). The van der Waals surface area contributed by atoms with Crippen LogP contribution < -0.4 is 0 Å². The Morgan fingerprint density at radius 1 is 1.06 bits per heavy atom. The topological polar surface area (TPSA) is 33.2 Å². The van der Waals surface area contributed by atoms with Gasteiger partial charge in [0, 0.05) is 29.9 Å². The van der Waals surface area contributed by atoms with Crippen molar-refractivity contribution in [2.24, 2.45) is 5.92 Å². The molecule has 1 aromatic carbocycles. The third-order valence-electron chi connectivity index (χ3n) is 7.50. The molecule has 0 amide bonds. The number of ketones is 1. The second-order valence-electron chi connectivity index (χ2n) is 9.61. The number of carbonyl (C=O) groups is 1. The first-order valence-corrected chi connectivity index (χ1v) is 13.5. The standard InChI is InChI=1S/C29H34N2OS/c32-29(23-9-3-1-2-4-10-23)25(27-12-7-8-17-30-27)16-20-31-18-14-22(15-19-31)26-21-33-28-13-6-5-11-24(26)28/h5-8,11-14,17,21,23,25H,1-4,9-10,15-16,18-20H2. The van der Waals surface area contributed by atoms with E-state index in [0.717, 1.165) is 51.0 Å². The van der Waals surface area contributed by atoms with E-state index in [1.54, 1.807) is 0 Å². The molecule has 3 heterocycles. The lowest BCUT2D eigenvalue weighted by molar-refractivity contribution is -0.125. The zero-order valence-corrected chi connectivity index (χ0v) is 20.2. The van der Waals surface area contributed by atoms with Gasteiger partial charge in [0.15, 0.2) is 0 Å². The van der Waals surface area contributed by atoms with Crippen molar-refractivity contribution in [3.63, 3.8) is 0 Å². The third kappa shape index (κ3) is 5.28. The summed E-state index contributed by atoms with van der Waals surface area (Å²) in [7, 11) is 0. The second kappa shape index (κ2) is 10.8. The first kappa shape index (κ1) is 22.5. The van der Waals surface area contributed by atoms with Gasteiger partial charge in [0.1, 0.15) is 5.78 Å². The molecule has 2 aliphatic rings. The second-order valence-corrected chi connectivity index (χ2v) is 10.5. The number of thiophene rings is 1. The summed E-state index contributed by atoms with van der Waals surface area (Å²) in [4.78, 5) is 20.7. The molecule has 0 bridgehead atoms. The van der Waals surface area contributed by atoms with Crippen LogP contribution in [-0.2, 0) is 4.79 Å². The van der Waals surface area contributed by atoms with Crippen LogP contribution in [0, 0.1) is 5.92 Å². The number of carbonyl (C=O) groups excluding carboxylic acids is 1. The minimum atomic E-state index is -0.0690. The molecule has 1 aliphatic carbocycles. The summed E-state index contributed by atoms with van der Waals surface area (Å²) in [6.45, 7) is 2.97. The van der Waals surface area contributed by atoms with E-state index in [4.69, 9.17) is 0 Å². The van der Waals surface area contributed by atoms with Crippen molar-refractivity contribution >= 4 is 32.8 Å². The highest BCUT2D eigenvalue weighted by molar-refractivity contribution is 7.17. The molecule has 33 heavy (non-hydrogen) atoms. The number of Topliss-reactive ketones (excluding diaryl/α,β-unsaturated/α-hetero) is 1. The van der Waals surface area contributed by atoms with E-state index in [1.807, 2.05) is 29.7 Å². The van der Waals surface area contributed by atoms with Gasteiger partial charge in [-0.05, 0) is 72.3 Å². The predicted molar refractivity (Wildman–Crippen MR) is 139 cm³/mol. The zero-order valence-electron chi connectivity index (χ0n) is 19.4. The average molecular weight is 459 g/mol. The molecule has 3 nitrogen and oxygen atoms in total. The Bertz CT molecular complexity index is 1100. The van der Waals surface area contributed by atoms with Crippen LogP contribution in [-0.4, -0.2) is 35.3 Å². The van der Waals surface area contributed by atoms with Crippen LogP contribution in [0.4, 0.5) is 0 Å². The molecule has 2 aromatic heterocycles. The van der Waals surface area contributed by atoms with E-state index < -0.39 is 0 Å². The summed E-state index contributed by atoms with van der Waals surface area (Å²) in [5, 5.41) is 3.70. The molecule has 3 aromatic rings. The van der Waals surface area contributed by atoms with Gasteiger partial charge < -0.3 is 0 Å². The summed E-state index contributed by atoms with van der Waals surface area (Å²) in [6.07, 6.45) is 13.3. The maximum absolute atomic E-state index is 13.6. The Kier molecular flexibility index (Phi) is 7.33. The highest BCUT2D eigenvalue weighted by atomic mass is 32.1. The fourth-order valence-corrected chi connectivity index (χ4v) is 6.55. The van der Waals surface area contributed by atoms with Crippen molar-refractivity contribution in [2.45, 2.75) is 57.3 Å². The zero-order chi connectivity index (χ0) is 22.5. The molecule has 1 saturated carbocycles. The van der Waals surface area contributed by atoms with E-state index in [0.29, 0.717) is 5.78 Å². The lowest BCUT2D eigenvalue weighted by Gasteiger charge is -2.28. The molecule has 1 unspecified atom stereocenters. The van der Waals surface area contributed by atoms with Gasteiger partial charge in [0.05, 0.1) is 11.6 Å². The van der Waals surface area contributed by atoms with Crippen molar-refractivity contribution in [3.8, 4) is 0 Å². The molecule has 172 valence electrons. The maximum atomic E-state index is 13.6. The fraction of sp³-hybridized carbons (Fsp3) is 0.448. The van der Waals surface area contributed by atoms with Crippen LogP contribution in [0.2, 0.25) is 0 Å².